The van der Waals surface area contributed by atoms with Crippen LogP contribution in [-0.2, 0) is 22.4 Å². The molecule has 1 atom stereocenters. The molecule has 0 saturated carbocycles. The third-order valence-corrected chi connectivity index (χ3v) is 6.33. The zero-order valence-electron chi connectivity index (χ0n) is 20.2. The second-order valence-electron chi connectivity index (χ2n) is 8.70. The number of aliphatic hydroxyl groups excluding tert-OH is 1. The Morgan fingerprint density at radius 2 is 1.57 bits per heavy atom. The van der Waals surface area contributed by atoms with Gasteiger partial charge in [0, 0.05) is 12.1 Å². The number of nitrogens with zero attached hydrogens (tertiary/aromatic N) is 1. The monoisotopic (exact) mass is 469 g/mol. The first-order valence-electron chi connectivity index (χ1n) is 12.2. The summed E-state index contributed by atoms with van der Waals surface area (Å²) in [5, 5.41) is 11.3. The number of aliphatic hydroxyl groups is 1. The van der Waals surface area contributed by atoms with Gasteiger partial charge >= 0.3 is 0 Å². The highest BCUT2D eigenvalue weighted by Gasteiger charge is 2.45. The molecule has 1 saturated heterocycles. The van der Waals surface area contributed by atoms with E-state index in [4.69, 9.17) is 4.74 Å². The molecule has 1 amide bonds. The molecule has 5 heteroatoms. The summed E-state index contributed by atoms with van der Waals surface area (Å²) in [6.07, 6.45) is 2.40. The highest BCUT2D eigenvalue weighted by Crippen LogP contribution is 2.39. The van der Waals surface area contributed by atoms with Crippen LogP contribution >= 0.6 is 0 Å². The number of likely N-dealkylation sites (tertiary alicyclic amines) is 1. The van der Waals surface area contributed by atoms with Crippen molar-refractivity contribution in [1.82, 2.24) is 4.90 Å². The molecule has 180 valence electrons. The average molecular weight is 470 g/mol. The van der Waals surface area contributed by atoms with E-state index in [1.807, 2.05) is 61.5 Å². The van der Waals surface area contributed by atoms with E-state index in [1.165, 1.54) is 0 Å². The average Bonchev–Trinajstić information content (AvgIpc) is 3.16. The summed E-state index contributed by atoms with van der Waals surface area (Å²) in [6.45, 7) is 5.08. The Labute approximate surface area is 206 Å². The molecule has 1 fully saturated rings. The summed E-state index contributed by atoms with van der Waals surface area (Å²) in [5.41, 5.74) is 3.65. The lowest BCUT2D eigenvalue weighted by Crippen LogP contribution is -2.31. The van der Waals surface area contributed by atoms with E-state index in [9.17, 15) is 14.7 Å². The van der Waals surface area contributed by atoms with E-state index in [2.05, 4.69) is 6.92 Å². The van der Waals surface area contributed by atoms with Crippen LogP contribution in [0.2, 0.25) is 0 Å². The maximum atomic E-state index is 13.2. The van der Waals surface area contributed by atoms with E-state index >= 15 is 0 Å². The molecule has 0 radical (unpaired) electrons. The van der Waals surface area contributed by atoms with Crippen molar-refractivity contribution in [3.63, 3.8) is 0 Å². The molecule has 0 aliphatic carbocycles. The Kier molecular flexibility index (Phi) is 7.66. The van der Waals surface area contributed by atoms with Crippen LogP contribution in [0.5, 0.6) is 5.75 Å². The van der Waals surface area contributed by atoms with Gasteiger partial charge in [-0.25, -0.2) is 0 Å². The largest absolute Gasteiger partial charge is 0.507 e. The summed E-state index contributed by atoms with van der Waals surface area (Å²) in [6, 6.07) is 24.1. The molecule has 1 unspecified atom stereocenters. The minimum Gasteiger partial charge on any atom is -0.507 e. The topological polar surface area (TPSA) is 66.8 Å². The van der Waals surface area contributed by atoms with E-state index < -0.39 is 17.7 Å². The molecule has 1 aliphatic heterocycles. The van der Waals surface area contributed by atoms with Gasteiger partial charge in [-0.05, 0) is 60.2 Å². The Hall–Kier alpha value is -3.86. The number of carbonyl (C=O) groups is 2. The third kappa shape index (κ3) is 5.29. The van der Waals surface area contributed by atoms with Crippen molar-refractivity contribution >= 4 is 17.4 Å². The van der Waals surface area contributed by atoms with Crippen LogP contribution in [-0.4, -0.2) is 34.8 Å². The molecule has 35 heavy (non-hydrogen) atoms. The van der Waals surface area contributed by atoms with Crippen LogP contribution in [0, 0.1) is 0 Å². The molecule has 0 bridgehead atoms. The van der Waals surface area contributed by atoms with Crippen molar-refractivity contribution in [2.45, 2.75) is 39.2 Å². The van der Waals surface area contributed by atoms with Crippen LogP contribution < -0.4 is 4.74 Å². The number of aryl methyl sites for hydroxylation is 1. The van der Waals surface area contributed by atoms with Gasteiger partial charge in [0.25, 0.3) is 11.7 Å². The van der Waals surface area contributed by atoms with Gasteiger partial charge < -0.3 is 14.7 Å². The number of rotatable bonds is 9. The fourth-order valence-corrected chi connectivity index (χ4v) is 4.37. The number of hydrogen-bond acceptors (Lipinski definition) is 4. The maximum Gasteiger partial charge on any atom is 0.295 e. The van der Waals surface area contributed by atoms with Crippen LogP contribution in [0.4, 0.5) is 0 Å². The lowest BCUT2D eigenvalue weighted by atomic mass is 9.94. The van der Waals surface area contributed by atoms with E-state index in [1.54, 1.807) is 29.2 Å². The second-order valence-corrected chi connectivity index (χ2v) is 8.70. The predicted octanol–water partition coefficient (Wildman–Crippen LogP) is 5.70. The van der Waals surface area contributed by atoms with Crippen LogP contribution in [0.3, 0.4) is 0 Å². The van der Waals surface area contributed by atoms with E-state index in [0.717, 1.165) is 29.5 Å². The van der Waals surface area contributed by atoms with Gasteiger partial charge in [0.15, 0.2) is 0 Å². The first-order chi connectivity index (χ1) is 17.0. The van der Waals surface area contributed by atoms with Gasteiger partial charge in [-0.15, -0.1) is 0 Å². The zero-order chi connectivity index (χ0) is 24.8. The number of ether oxygens (including phenoxy) is 1. The predicted molar refractivity (Wildman–Crippen MR) is 137 cm³/mol. The summed E-state index contributed by atoms with van der Waals surface area (Å²) < 4.78 is 5.63. The van der Waals surface area contributed by atoms with Gasteiger partial charge in [0.1, 0.15) is 11.5 Å². The van der Waals surface area contributed by atoms with Gasteiger partial charge in [-0.3, -0.25) is 9.59 Å². The Morgan fingerprint density at radius 3 is 2.20 bits per heavy atom. The highest BCUT2D eigenvalue weighted by atomic mass is 16.5. The number of amides is 1. The summed E-state index contributed by atoms with van der Waals surface area (Å²) in [5.74, 6) is -0.725. The van der Waals surface area contributed by atoms with Crippen molar-refractivity contribution < 1.29 is 19.4 Å². The van der Waals surface area contributed by atoms with Crippen molar-refractivity contribution in [2.24, 2.45) is 0 Å². The van der Waals surface area contributed by atoms with Crippen molar-refractivity contribution in [3.8, 4) is 5.75 Å². The Balaban J connectivity index is 1.72. The fourth-order valence-electron chi connectivity index (χ4n) is 4.37. The summed E-state index contributed by atoms with van der Waals surface area (Å²) >= 11 is 0. The van der Waals surface area contributed by atoms with Gasteiger partial charge in [-0.1, -0.05) is 68.4 Å². The van der Waals surface area contributed by atoms with Crippen molar-refractivity contribution in [3.05, 3.63) is 107 Å². The standard InChI is InChI=1S/C30H31NO4/c1-3-20-35-25-16-14-24(15-17-25)28(32)26-27(23-12-10-21(4-2)11-13-23)31(30(34)29(26)33)19-18-22-8-6-5-7-9-22/h5-17,27,32H,3-4,18-20H2,1-2H3/b28-26+. The molecule has 4 rings (SSSR count). The van der Waals surface area contributed by atoms with Crippen molar-refractivity contribution in [1.29, 1.82) is 0 Å². The molecule has 1 heterocycles. The number of hydrogen-bond donors (Lipinski definition) is 1. The normalized spacial score (nSPS) is 17.1. The van der Waals surface area contributed by atoms with E-state index in [0.29, 0.717) is 30.9 Å². The molecular formula is C30H31NO4. The van der Waals surface area contributed by atoms with Crippen LogP contribution in [0.1, 0.15) is 48.6 Å². The minimum absolute atomic E-state index is 0.120. The van der Waals surface area contributed by atoms with Gasteiger partial charge in [0.05, 0.1) is 18.2 Å². The Morgan fingerprint density at radius 1 is 0.886 bits per heavy atom. The number of ketones is 1. The van der Waals surface area contributed by atoms with Crippen LogP contribution in [0.25, 0.3) is 5.76 Å². The third-order valence-electron chi connectivity index (χ3n) is 6.33. The lowest BCUT2D eigenvalue weighted by molar-refractivity contribution is -0.139. The van der Waals surface area contributed by atoms with Crippen LogP contribution in [0.15, 0.2) is 84.4 Å². The first kappa shape index (κ1) is 24.3. The van der Waals surface area contributed by atoms with Crippen molar-refractivity contribution in [2.75, 3.05) is 13.2 Å². The number of benzene rings is 3. The Bertz CT molecular complexity index is 1200. The number of Topliss-reactive ketones (excluding diaryl/α,β-unsaturated/α-hetero) is 1. The zero-order valence-corrected chi connectivity index (χ0v) is 20.2. The maximum absolute atomic E-state index is 13.2. The molecule has 0 aromatic heterocycles. The highest BCUT2D eigenvalue weighted by molar-refractivity contribution is 6.46. The molecule has 3 aromatic carbocycles. The molecule has 3 aromatic rings. The van der Waals surface area contributed by atoms with Gasteiger partial charge in [-0.2, -0.15) is 0 Å². The fraction of sp³-hybridized carbons (Fsp3) is 0.267. The lowest BCUT2D eigenvalue weighted by Gasteiger charge is -2.25. The molecular weight excluding hydrogens is 438 g/mol. The first-order valence-corrected chi connectivity index (χ1v) is 12.2. The molecule has 5 nitrogen and oxygen atoms in total. The summed E-state index contributed by atoms with van der Waals surface area (Å²) in [4.78, 5) is 28.0. The van der Waals surface area contributed by atoms with Gasteiger partial charge in [0.2, 0.25) is 0 Å². The number of carbonyl (C=O) groups excluding carboxylic acids is 2. The second kappa shape index (κ2) is 11.0. The molecule has 1 N–H and O–H groups in total. The quantitative estimate of drug-likeness (QED) is 0.248. The van der Waals surface area contributed by atoms with E-state index in [-0.39, 0.29) is 11.3 Å². The molecule has 0 spiro atoms. The molecule has 1 aliphatic rings. The smallest absolute Gasteiger partial charge is 0.295 e. The SMILES string of the molecule is CCCOc1ccc(/C(O)=C2\C(=O)C(=O)N(CCc3ccccc3)C2c2ccc(CC)cc2)cc1. The minimum atomic E-state index is -0.661. The summed E-state index contributed by atoms with van der Waals surface area (Å²) in [7, 11) is 0.